The highest BCUT2D eigenvalue weighted by Gasteiger charge is 2.29. The van der Waals surface area contributed by atoms with Gasteiger partial charge in [0.1, 0.15) is 0 Å². The van der Waals surface area contributed by atoms with Gasteiger partial charge in [0, 0.05) is 30.3 Å². The van der Waals surface area contributed by atoms with E-state index in [1.54, 1.807) is 11.0 Å². The summed E-state index contributed by atoms with van der Waals surface area (Å²) in [6, 6.07) is 14.5. The molecule has 1 aliphatic heterocycles. The van der Waals surface area contributed by atoms with E-state index in [1.807, 2.05) is 49.4 Å². The monoisotopic (exact) mass is 386 g/mol. The summed E-state index contributed by atoms with van der Waals surface area (Å²) in [7, 11) is 0. The number of nitrogens with one attached hydrogen (secondary N) is 3. The first-order valence-electron chi connectivity index (χ1n) is 8.91. The molecule has 0 saturated carbocycles. The van der Waals surface area contributed by atoms with Crippen LogP contribution in [-0.2, 0) is 4.79 Å². The number of carbonyl (C=O) groups excluding carboxylic acids is 2. The van der Waals surface area contributed by atoms with Gasteiger partial charge in [0.2, 0.25) is 5.91 Å². The number of anilines is 1. The van der Waals surface area contributed by atoms with Crippen LogP contribution in [0.1, 0.15) is 17.2 Å². The van der Waals surface area contributed by atoms with Crippen molar-refractivity contribution in [3.05, 3.63) is 64.7 Å². The lowest BCUT2D eigenvalue weighted by atomic mass is 10.0. The summed E-state index contributed by atoms with van der Waals surface area (Å²) in [5, 5.41) is 9.31. The molecule has 3 N–H and O–H groups in total. The van der Waals surface area contributed by atoms with Crippen LogP contribution in [-0.4, -0.2) is 43.0 Å². The molecular weight excluding hydrogens is 364 g/mol. The topological polar surface area (TPSA) is 73.5 Å². The Hall–Kier alpha value is -2.57. The number of hydrogen-bond acceptors (Lipinski definition) is 3. The van der Waals surface area contributed by atoms with Crippen molar-refractivity contribution < 1.29 is 9.59 Å². The van der Waals surface area contributed by atoms with Crippen molar-refractivity contribution in [2.24, 2.45) is 0 Å². The number of aryl methyl sites for hydroxylation is 1. The maximum absolute atomic E-state index is 12.7. The Morgan fingerprint density at radius 1 is 1.22 bits per heavy atom. The van der Waals surface area contributed by atoms with E-state index >= 15 is 0 Å². The number of nitrogens with zero attached hydrogens (tertiary/aromatic N) is 1. The summed E-state index contributed by atoms with van der Waals surface area (Å²) in [5.74, 6) is -0.138. The van der Waals surface area contributed by atoms with E-state index in [0.29, 0.717) is 30.3 Å². The van der Waals surface area contributed by atoms with Crippen molar-refractivity contribution in [3.8, 4) is 0 Å². The van der Waals surface area contributed by atoms with Gasteiger partial charge in [-0.3, -0.25) is 4.79 Å². The average molecular weight is 387 g/mol. The summed E-state index contributed by atoms with van der Waals surface area (Å²) in [6.07, 6.45) is 0. The van der Waals surface area contributed by atoms with Gasteiger partial charge in [-0.15, -0.1) is 0 Å². The molecule has 7 heteroatoms. The summed E-state index contributed by atoms with van der Waals surface area (Å²) >= 11 is 6.31. The highest BCUT2D eigenvalue weighted by molar-refractivity contribution is 6.31. The van der Waals surface area contributed by atoms with Gasteiger partial charge in [-0.25, -0.2) is 4.79 Å². The summed E-state index contributed by atoms with van der Waals surface area (Å²) in [6.45, 7) is 3.79. The summed E-state index contributed by atoms with van der Waals surface area (Å²) in [5.41, 5.74) is 2.65. The SMILES string of the molecule is Cc1cccc(NC(=O)NCC(=O)N2CCNCC2c2ccccc2Cl)c1. The third kappa shape index (κ3) is 4.99. The van der Waals surface area contributed by atoms with Crippen molar-refractivity contribution in [2.45, 2.75) is 13.0 Å². The van der Waals surface area contributed by atoms with Gasteiger partial charge in [0.25, 0.3) is 0 Å². The number of amides is 3. The highest BCUT2D eigenvalue weighted by Crippen LogP contribution is 2.28. The van der Waals surface area contributed by atoms with Crippen LogP contribution in [0.25, 0.3) is 0 Å². The Labute approximate surface area is 163 Å². The highest BCUT2D eigenvalue weighted by atomic mass is 35.5. The minimum Gasteiger partial charge on any atom is -0.332 e. The third-order valence-corrected chi connectivity index (χ3v) is 4.85. The van der Waals surface area contributed by atoms with Crippen LogP contribution in [0.4, 0.5) is 10.5 Å². The van der Waals surface area contributed by atoms with Crippen LogP contribution in [0.3, 0.4) is 0 Å². The van der Waals surface area contributed by atoms with E-state index in [2.05, 4.69) is 16.0 Å². The maximum Gasteiger partial charge on any atom is 0.319 e. The van der Waals surface area contributed by atoms with Crippen LogP contribution >= 0.6 is 11.6 Å². The van der Waals surface area contributed by atoms with E-state index in [-0.39, 0.29) is 18.5 Å². The molecule has 0 aliphatic carbocycles. The molecule has 1 saturated heterocycles. The Morgan fingerprint density at radius 2 is 2.04 bits per heavy atom. The van der Waals surface area contributed by atoms with Gasteiger partial charge in [0.15, 0.2) is 0 Å². The molecule has 2 aromatic rings. The van der Waals surface area contributed by atoms with Crippen LogP contribution in [0.2, 0.25) is 5.02 Å². The van der Waals surface area contributed by atoms with Crippen molar-refractivity contribution in [1.29, 1.82) is 0 Å². The van der Waals surface area contributed by atoms with Crippen molar-refractivity contribution in [2.75, 3.05) is 31.5 Å². The number of halogens is 1. The fourth-order valence-electron chi connectivity index (χ4n) is 3.18. The molecule has 0 spiro atoms. The third-order valence-electron chi connectivity index (χ3n) is 4.50. The number of rotatable bonds is 4. The second kappa shape index (κ2) is 8.88. The van der Waals surface area contributed by atoms with Crippen molar-refractivity contribution in [3.63, 3.8) is 0 Å². The van der Waals surface area contributed by atoms with Crippen molar-refractivity contribution >= 4 is 29.2 Å². The van der Waals surface area contributed by atoms with E-state index in [1.165, 1.54) is 0 Å². The molecule has 2 aromatic carbocycles. The lowest BCUT2D eigenvalue weighted by molar-refractivity contribution is -0.133. The first kappa shape index (κ1) is 19.2. The molecule has 1 heterocycles. The largest absolute Gasteiger partial charge is 0.332 e. The molecule has 3 rings (SSSR count). The zero-order chi connectivity index (χ0) is 19.2. The maximum atomic E-state index is 12.7. The first-order chi connectivity index (χ1) is 13.0. The summed E-state index contributed by atoms with van der Waals surface area (Å²) < 4.78 is 0. The van der Waals surface area contributed by atoms with E-state index in [0.717, 1.165) is 11.1 Å². The van der Waals surface area contributed by atoms with Crippen molar-refractivity contribution in [1.82, 2.24) is 15.5 Å². The van der Waals surface area contributed by atoms with E-state index in [4.69, 9.17) is 11.6 Å². The smallest absolute Gasteiger partial charge is 0.319 e. The number of urea groups is 1. The molecule has 0 bridgehead atoms. The summed E-state index contributed by atoms with van der Waals surface area (Å²) in [4.78, 5) is 26.6. The molecule has 3 amide bonds. The quantitative estimate of drug-likeness (QED) is 0.756. The van der Waals surface area contributed by atoms with Crippen LogP contribution in [0, 0.1) is 6.92 Å². The molecule has 6 nitrogen and oxygen atoms in total. The zero-order valence-corrected chi connectivity index (χ0v) is 15.9. The Morgan fingerprint density at radius 3 is 2.81 bits per heavy atom. The Bertz CT molecular complexity index is 827. The molecule has 0 radical (unpaired) electrons. The van der Waals surface area contributed by atoms with E-state index < -0.39 is 6.03 Å². The predicted octanol–water partition coefficient (Wildman–Crippen LogP) is 2.94. The zero-order valence-electron chi connectivity index (χ0n) is 15.2. The predicted molar refractivity (Wildman–Crippen MR) is 107 cm³/mol. The Kier molecular flexibility index (Phi) is 6.32. The lowest BCUT2D eigenvalue weighted by Gasteiger charge is -2.37. The van der Waals surface area contributed by atoms with Gasteiger partial charge >= 0.3 is 6.03 Å². The minimum absolute atomic E-state index is 0.0708. The van der Waals surface area contributed by atoms with Gasteiger partial charge in [0.05, 0.1) is 12.6 Å². The molecule has 1 unspecified atom stereocenters. The van der Waals surface area contributed by atoms with Crippen LogP contribution in [0.15, 0.2) is 48.5 Å². The molecule has 27 heavy (non-hydrogen) atoms. The number of carbonyl (C=O) groups is 2. The number of piperazine rings is 1. The first-order valence-corrected chi connectivity index (χ1v) is 9.28. The van der Waals surface area contributed by atoms with Gasteiger partial charge in [-0.2, -0.15) is 0 Å². The van der Waals surface area contributed by atoms with Gasteiger partial charge < -0.3 is 20.9 Å². The second-order valence-corrected chi connectivity index (χ2v) is 6.91. The fraction of sp³-hybridized carbons (Fsp3) is 0.300. The minimum atomic E-state index is -0.404. The number of hydrogen-bond donors (Lipinski definition) is 3. The molecule has 1 aliphatic rings. The normalized spacial score (nSPS) is 16.7. The molecule has 142 valence electrons. The molecule has 0 aromatic heterocycles. The standard InChI is InChI=1S/C20H23ClN4O2/c1-14-5-4-6-15(11-14)24-20(27)23-13-19(26)25-10-9-22-12-18(25)16-7-2-3-8-17(16)21/h2-8,11,18,22H,9-10,12-13H2,1H3,(H2,23,24,27). The lowest BCUT2D eigenvalue weighted by Crippen LogP contribution is -2.51. The fourth-order valence-corrected chi connectivity index (χ4v) is 3.44. The van der Waals surface area contributed by atoms with Gasteiger partial charge in [-0.05, 0) is 36.2 Å². The van der Waals surface area contributed by atoms with Gasteiger partial charge in [-0.1, -0.05) is 41.9 Å². The molecule has 1 fully saturated rings. The van der Waals surface area contributed by atoms with Crippen LogP contribution in [0.5, 0.6) is 0 Å². The molecular formula is C20H23ClN4O2. The average Bonchev–Trinajstić information content (AvgIpc) is 2.66. The second-order valence-electron chi connectivity index (χ2n) is 6.51. The van der Waals surface area contributed by atoms with E-state index in [9.17, 15) is 9.59 Å². The Balaban J connectivity index is 1.60. The number of benzene rings is 2. The van der Waals surface area contributed by atoms with Crippen LogP contribution < -0.4 is 16.0 Å². The molecule has 1 atom stereocenters.